The van der Waals surface area contributed by atoms with Crippen molar-refractivity contribution in [2.75, 3.05) is 13.6 Å². The molecule has 0 radical (unpaired) electrons. The fourth-order valence-corrected chi connectivity index (χ4v) is 4.05. The van der Waals surface area contributed by atoms with Crippen LogP contribution in [0.4, 0.5) is 0 Å². The Kier molecular flexibility index (Phi) is 3.98. The fraction of sp³-hybridized carbons (Fsp3) is 0.417. The van der Waals surface area contributed by atoms with Crippen molar-refractivity contribution in [3.63, 3.8) is 0 Å². The lowest BCUT2D eigenvalue weighted by Crippen LogP contribution is -2.40. The number of halogens is 1. The van der Waals surface area contributed by atoms with E-state index in [1.54, 1.807) is 32.2 Å². The molecule has 1 saturated heterocycles. The number of carbonyl (C=O) groups is 1. The number of rotatable bonds is 3. The quantitative estimate of drug-likeness (QED) is 0.896. The molecule has 1 fully saturated rings. The van der Waals surface area contributed by atoms with Gasteiger partial charge in [-0.25, -0.2) is 8.42 Å². The van der Waals surface area contributed by atoms with Gasteiger partial charge in [-0.05, 0) is 31.0 Å². The molecule has 1 heterocycles. The molecule has 0 aromatic heterocycles. The molecular formula is C12H15BrN2O3S. The summed E-state index contributed by atoms with van der Waals surface area (Å²) in [5, 5.41) is 0. The van der Waals surface area contributed by atoms with Crippen LogP contribution in [0.25, 0.3) is 0 Å². The van der Waals surface area contributed by atoms with E-state index in [9.17, 15) is 13.2 Å². The topological polar surface area (TPSA) is 66.5 Å². The summed E-state index contributed by atoms with van der Waals surface area (Å²) in [5.74, 6) is -0.184. The number of amides is 1. The number of aryl methyl sites for hydroxylation is 1. The summed E-state index contributed by atoms with van der Waals surface area (Å²) in [5.41, 5.74) is 0.648. The summed E-state index contributed by atoms with van der Waals surface area (Å²) in [4.78, 5) is 13.5. The van der Waals surface area contributed by atoms with Crippen LogP contribution in [-0.2, 0) is 14.8 Å². The fourth-order valence-electron chi connectivity index (χ4n) is 2.05. The maximum atomic E-state index is 12.3. The number of hydrogen-bond acceptors (Lipinski definition) is 3. The Bertz CT molecular complexity index is 615. The van der Waals surface area contributed by atoms with Crippen molar-refractivity contribution in [3.05, 3.63) is 28.2 Å². The Balaban J connectivity index is 2.28. The van der Waals surface area contributed by atoms with Crippen molar-refractivity contribution in [1.29, 1.82) is 0 Å². The summed E-state index contributed by atoms with van der Waals surface area (Å²) < 4.78 is 27.8. The minimum Gasteiger partial charge on any atom is -0.344 e. The van der Waals surface area contributed by atoms with Crippen molar-refractivity contribution in [3.8, 4) is 0 Å². The molecule has 1 atom stereocenters. The molecule has 104 valence electrons. The highest BCUT2D eigenvalue weighted by Crippen LogP contribution is 2.21. The Morgan fingerprint density at radius 3 is 2.68 bits per heavy atom. The number of likely N-dealkylation sites (tertiary alicyclic amines) is 1. The van der Waals surface area contributed by atoms with E-state index >= 15 is 0 Å². The van der Waals surface area contributed by atoms with Gasteiger partial charge in [-0.3, -0.25) is 4.79 Å². The van der Waals surface area contributed by atoms with Gasteiger partial charge in [-0.1, -0.05) is 22.0 Å². The summed E-state index contributed by atoms with van der Waals surface area (Å²) in [6.45, 7) is 2.30. The molecule has 2 rings (SSSR count). The first-order chi connectivity index (χ1) is 8.81. The lowest BCUT2D eigenvalue weighted by atomic mass is 10.2. The van der Waals surface area contributed by atoms with Gasteiger partial charge >= 0.3 is 0 Å². The second-order valence-electron chi connectivity index (χ2n) is 4.63. The molecule has 0 bridgehead atoms. The molecule has 0 saturated carbocycles. The van der Waals surface area contributed by atoms with Crippen molar-refractivity contribution < 1.29 is 13.2 Å². The van der Waals surface area contributed by atoms with Crippen molar-refractivity contribution in [1.82, 2.24) is 9.62 Å². The molecule has 1 N–H and O–H groups in total. The number of carbonyl (C=O) groups excluding carboxylic acids is 1. The second kappa shape index (κ2) is 5.22. The van der Waals surface area contributed by atoms with Gasteiger partial charge in [0, 0.05) is 18.1 Å². The first-order valence-electron chi connectivity index (χ1n) is 5.85. The Morgan fingerprint density at radius 2 is 2.11 bits per heavy atom. The van der Waals surface area contributed by atoms with Crippen LogP contribution in [0.1, 0.15) is 12.0 Å². The number of benzene rings is 1. The number of nitrogens with one attached hydrogen (secondary N) is 1. The van der Waals surface area contributed by atoms with Crippen LogP contribution in [0.15, 0.2) is 27.6 Å². The second-order valence-corrected chi connectivity index (χ2v) is 7.23. The average molecular weight is 347 g/mol. The lowest BCUT2D eigenvalue weighted by molar-refractivity contribution is -0.127. The van der Waals surface area contributed by atoms with E-state index in [0.717, 1.165) is 0 Å². The van der Waals surface area contributed by atoms with Crippen molar-refractivity contribution in [2.24, 2.45) is 0 Å². The molecule has 0 aliphatic carbocycles. The van der Waals surface area contributed by atoms with E-state index in [1.807, 2.05) is 0 Å². The summed E-state index contributed by atoms with van der Waals surface area (Å²) in [7, 11) is -2.01. The normalized spacial score (nSPS) is 20.1. The van der Waals surface area contributed by atoms with Crippen LogP contribution >= 0.6 is 15.9 Å². The molecular weight excluding hydrogens is 332 g/mol. The molecule has 1 unspecified atom stereocenters. The molecule has 19 heavy (non-hydrogen) atoms. The SMILES string of the molecule is Cc1ccc(Br)cc1S(=O)(=O)NC1CCN(C)C1=O. The van der Waals surface area contributed by atoms with Gasteiger partial charge in [0.25, 0.3) is 0 Å². The standard InChI is InChI=1S/C12H15BrN2O3S/c1-8-3-4-9(13)7-11(8)19(17,18)14-10-5-6-15(2)12(10)16/h3-4,7,10,14H,5-6H2,1-2H3. The monoisotopic (exact) mass is 346 g/mol. The van der Waals surface area contributed by atoms with E-state index in [0.29, 0.717) is 23.0 Å². The van der Waals surface area contributed by atoms with Crippen LogP contribution < -0.4 is 4.72 Å². The Labute approximate surface area is 121 Å². The maximum absolute atomic E-state index is 12.3. The molecule has 1 amide bonds. The van der Waals surface area contributed by atoms with Gasteiger partial charge in [0.15, 0.2) is 0 Å². The van der Waals surface area contributed by atoms with Crippen LogP contribution in [0.5, 0.6) is 0 Å². The molecule has 0 spiro atoms. The van der Waals surface area contributed by atoms with Gasteiger partial charge < -0.3 is 4.90 Å². The third kappa shape index (κ3) is 2.98. The van der Waals surface area contributed by atoms with E-state index < -0.39 is 16.1 Å². The van der Waals surface area contributed by atoms with Crippen molar-refractivity contribution >= 4 is 31.9 Å². The van der Waals surface area contributed by atoms with Crippen molar-refractivity contribution in [2.45, 2.75) is 24.3 Å². The van der Waals surface area contributed by atoms with E-state index in [1.165, 1.54) is 4.90 Å². The van der Waals surface area contributed by atoms with Gasteiger partial charge in [-0.15, -0.1) is 0 Å². The Hall–Kier alpha value is -0.920. The highest BCUT2D eigenvalue weighted by atomic mass is 79.9. The number of hydrogen-bond donors (Lipinski definition) is 1. The molecule has 1 aliphatic rings. The highest BCUT2D eigenvalue weighted by Gasteiger charge is 2.33. The minimum absolute atomic E-state index is 0.184. The third-order valence-corrected chi connectivity index (χ3v) is 5.27. The number of likely N-dealkylation sites (N-methyl/N-ethyl adjacent to an activating group) is 1. The van der Waals surface area contributed by atoms with Crippen LogP contribution in [-0.4, -0.2) is 38.9 Å². The molecule has 1 aliphatic heterocycles. The summed E-state index contributed by atoms with van der Waals surface area (Å²) >= 11 is 3.26. The summed E-state index contributed by atoms with van der Waals surface area (Å²) in [6.07, 6.45) is 0.502. The predicted molar refractivity (Wildman–Crippen MR) is 75.2 cm³/mol. The first kappa shape index (κ1) is 14.5. The van der Waals surface area contributed by atoms with Crippen LogP contribution in [0.2, 0.25) is 0 Å². The van der Waals surface area contributed by atoms with Gasteiger partial charge in [0.1, 0.15) is 6.04 Å². The number of sulfonamides is 1. The van der Waals surface area contributed by atoms with Gasteiger partial charge in [0.2, 0.25) is 15.9 Å². The smallest absolute Gasteiger partial charge is 0.241 e. The van der Waals surface area contributed by atoms with Gasteiger partial charge in [-0.2, -0.15) is 4.72 Å². The zero-order valence-electron chi connectivity index (χ0n) is 10.7. The largest absolute Gasteiger partial charge is 0.344 e. The Morgan fingerprint density at radius 1 is 1.42 bits per heavy atom. The third-order valence-electron chi connectivity index (χ3n) is 3.16. The molecule has 1 aromatic rings. The molecule has 7 heteroatoms. The van der Waals surface area contributed by atoms with E-state index in [2.05, 4.69) is 20.7 Å². The zero-order chi connectivity index (χ0) is 14.2. The number of nitrogens with zero attached hydrogens (tertiary/aromatic N) is 1. The maximum Gasteiger partial charge on any atom is 0.241 e. The zero-order valence-corrected chi connectivity index (χ0v) is 13.1. The van der Waals surface area contributed by atoms with Gasteiger partial charge in [0.05, 0.1) is 4.90 Å². The molecule has 1 aromatic carbocycles. The first-order valence-corrected chi connectivity index (χ1v) is 8.12. The lowest BCUT2D eigenvalue weighted by Gasteiger charge is -2.14. The van der Waals surface area contributed by atoms with E-state index in [4.69, 9.17) is 0 Å². The summed E-state index contributed by atoms with van der Waals surface area (Å²) in [6, 6.07) is 4.39. The minimum atomic E-state index is -3.68. The van der Waals surface area contributed by atoms with Crippen LogP contribution in [0.3, 0.4) is 0 Å². The highest BCUT2D eigenvalue weighted by molar-refractivity contribution is 9.10. The van der Waals surface area contributed by atoms with E-state index in [-0.39, 0.29) is 10.8 Å². The predicted octanol–water partition coefficient (Wildman–Crippen LogP) is 1.27. The molecule has 5 nitrogen and oxygen atoms in total. The average Bonchev–Trinajstić information content (AvgIpc) is 2.63. The van der Waals surface area contributed by atoms with Crippen LogP contribution in [0, 0.1) is 6.92 Å².